The van der Waals surface area contributed by atoms with Crippen molar-refractivity contribution in [3.8, 4) is 6.07 Å². The number of pyridine rings is 1. The van der Waals surface area contributed by atoms with Crippen molar-refractivity contribution in [2.24, 2.45) is 0 Å². The molecule has 0 bridgehead atoms. The van der Waals surface area contributed by atoms with Crippen LogP contribution in [0.4, 0.5) is 5.69 Å². The Morgan fingerprint density at radius 2 is 2.22 bits per heavy atom. The van der Waals surface area contributed by atoms with Crippen molar-refractivity contribution in [3.63, 3.8) is 0 Å². The molecule has 1 N–H and O–H groups in total. The number of nitriles is 1. The first-order valence-electron chi connectivity index (χ1n) is 10.6. The fraction of sp³-hybridized carbons (Fsp3) is 0.348. The van der Waals surface area contributed by atoms with E-state index >= 15 is 0 Å². The van der Waals surface area contributed by atoms with Gasteiger partial charge in [0.05, 0.1) is 47.6 Å². The number of ether oxygens (including phenoxy) is 1. The van der Waals surface area contributed by atoms with E-state index in [2.05, 4.69) is 33.0 Å². The van der Waals surface area contributed by atoms with Crippen LogP contribution in [-0.2, 0) is 16.0 Å². The quantitative estimate of drug-likeness (QED) is 0.524. The number of amides is 1. The summed E-state index contributed by atoms with van der Waals surface area (Å²) in [5.41, 5.74) is 3.49. The van der Waals surface area contributed by atoms with E-state index in [0.29, 0.717) is 35.0 Å². The highest BCUT2D eigenvalue weighted by molar-refractivity contribution is 6.03. The molecule has 0 saturated carbocycles. The average Bonchev–Trinajstić information content (AvgIpc) is 3.36. The third kappa shape index (κ3) is 3.59. The Morgan fingerprint density at radius 1 is 1.34 bits per heavy atom. The molecule has 5 rings (SSSR count). The van der Waals surface area contributed by atoms with Crippen LogP contribution in [0.2, 0.25) is 0 Å². The zero-order valence-corrected chi connectivity index (χ0v) is 17.8. The second-order valence-corrected chi connectivity index (χ2v) is 8.11. The monoisotopic (exact) mass is 430 g/mol. The number of carbonyl (C=O) groups is 1. The van der Waals surface area contributed by atoms with Crippen LogP contribution < -0.4 is 5.32 Å². The van der Waals surface area contributed by atoms with Gasteiger partial charge in [-0.3, -0.25) is 9.78 Å². The Balaban J connectivity index is 1.63. The molecule has 4 heterocycles. The van der Waals surface area contributed by atoms with Gasteiger partial charge in [0.2, 0.25) is 5.91 Å². The Labute approximate surface area is 184 Å². The number of benzene rings is 1. The number of aromatic nitrogens is 4. The number of hydrogen-bond donors (Lipinski definition) is 1. The number of fused-ring (bicyclic) bond motifs is 3. The largest absolute Gasteiger partial charge is 0.378 e. The highest BCUT2D eigenvalue weighted by atomic mass is 16.5. The van der Waals surface area contributed by atoms with E-state index in [0.717, 1.165) is 29.3 Å². The summed E-state index contributed by atoms with van der Waals surface area (Å²) in [6.07, 6.45) is 5.04. The third-order valence-electron chi connectivity index (χ3n) is 5.88. The van der Waals surface area contributed by atoms with Crippen LogP contribution >= 0.6 is 0 Å². The van der Waals surface area contributed by atoms with Gasteiger partial charge in [-0.25, -0.2) is 4.98 Å². The molecule has 9 heteroatoms. The van der Waals surface area contributed by atoms with E-state index in [1.165, 1.54) is 6.20 Å². The lowest BCUT2D eigenvalue weighted by atomic mass is 10.0. The topological polar surface area (TPSA) is 119 Å². The Bertz CT molecular complexity index is 1370. The lowest BCUT2D eigenvalue weighted by molar-refractivity contribution is -0.115. The van der Waals surface area contributed by atoms with Crippen LogP contribution in [0.5, 0.6) is 0 Å². The van der Waals surface area contributed by atoms with Gasteiger partial charge in [-0.1, -0.05) is 5.16 Å². The maximum atomic E-state index is 12.9. The molecule has 1 amide bonds. The first kappa shape index (κ1) is 20.2. The molecule has 0 radical (unpaired) electrons. The molecular formula is C23H22N6O3. The van der Waals surface area contributed by atoms with E-state index < -0.39 is 0 Å². The minimum absolute atomic E-state index is 0.0878. The van der Waals surface area contributed by atoms with Crippen molar-refractivity contribution in [3.05, 3.63) is 47.7 Å². The van der Waals surface area contributed by atoms with Crippen LogP contribution in [-0.4, -0.2) is 38.3 Å². The first-order chi connectivity index (χ1) is 15.5. The van der Waals surface area contributed by atoms with Gasteiger partial charge >= 0.3 is 0 Å². The summed E-state index contributed by atoms with van der Waals surface area (Å²) < 4.78 is 12.9. The summed E-state index contributed by atoms with van der Waals surface area (Å²) in [7, 11) is 0. The maximum absolute atomic E-state index is 12.9. The molecule has 4 aromatic rings. The molecule has 1 aliphatic rings. The van der Waals surface area contributed by atoms with Gasteiger partial charge in [0.15, 0.2) is 5.76 Å². The van der Waals surface area contributed by atoms with Crippen LogP contribution in [0, 0.1) is 18.3 Å². The zero-order chi connectivity index (χ0) is 22.2. The minimum atomic E-state index is -0.206. The summed E-state index contributed by atoms with van der Waals surface area (Å²) in [4.78, 5) is 22.2. The summed E-state index contributed by atoms with van der Waals surface area (Å²) in [5.74, 6) is 0.995. The van der Waals surface area contributed by atoms with Gasteiger partial charge in [0.25, 0.3) is 0 Å². The van der Waals surface area contributed by atoms with E-state index in [1.807, 2.05) is 12.1 Å². The van der Waals surface area contributed by atoms with E-state index in [1.54, 1.807) is 19.2 Å². The summed E-state index contributed by atoms with van der Waals surface area (Å²) in [6.45, 7) is 4.44. The Morgan fingerprint density at radius 3 is 2.97 bits per heavy atom. The third-order valence-corrected chi connectivity index (χ3v) is 5.88. The van der Waals surface area contributed by atoms with Crippen LogP contribution in [0.3, 0.4) is 0 Å². The molecule has 0 unspecified atom stereocenters. The van der Waals surface area contributed by atoms with Crippen molar-refractivity contribution >= 4 is 33.5 Å². The maximum Gasteiger partial charge on any atom is 0.232 e. The van der Waals surface area contributed by atoms with Gasteiger partial charge in [0, 0.05) is 18.0 Å². The molecule has 2 atom stereocenters. The second-order valence-electron chi connectivity index (χ2n) is 8.11. The molecule has 1 fully saturated rings. The average molecular weight is 430 g/mol. The van der Waals surface area contributed by atoms with Crippen molar-refractivity contribution < 1.29 is 14.1 Å². The standard InChI is InChI=1S/C23H22N6O3/c1-13-7-16(5-6-31-13)29-21(9-22(30)28-19-12-26-32-14(19)2)27-20-11-25-18-4-3-15(10-24)8-17(18)23(20)29/h3-4,8,11-13,16H,5-7,9H2,1-2H3,(H,28,30)/t13-,16-/m1/s1. The lowest BCUT2D eigenvalue weighted by Crippen LogP contribution is -2.27. The summed E-state index contributed by atoms with van der Waals surface area (Å²) >= 11 is 0. The fourth-order valence-electron chi connectivity index (χ4n) is 4.38. The van der Waals surface area contributed by atoms with Crippen LogP contribution in [0.25, 0.3) is 21.9 Å². The van der Waals surface area contributed by atoms with Crippen molar-refractivity contribution in [2.45, 2.75) is 45.3 Å². The fourth-order valence-corrected chi connectivity index (χ4v) is 4.38. The molecule has 162 valence electrons. The second kappa shape index (κ2) is 8.05. The number of rotatable bonds is 4. The Kier molecular flexibility index (Phi) is 5.07. The molecule has 1 saturated heterocycles. The number of imidazole rings is 1. The van der Waals surface area contributed by atoms with Crippen molar-refractivity contribution in [2.75, 3.05) is 11.9 Å². The molecule has 1 aliphatic heterocycles. The normalized spacial score (nSPS) is 18.7. The number of anilines is 1. The summed E-state index contributed by atoms with van der Waals surface area (Å²) in [5, 5.41) is 16.8. The molecule has 32 heavy (non-hydrogen) atoms. The van der Waals surface area contributed by atoms with E-state index in [-0.39, 0.29) is 24.5 Å². The van der Waals surface area contributed by atoms with Crippen molar-refractivity contribution in [1.82, 2.24) is 19.7 Å². The highest BCUT2D eigenvalue weighted by Gasteiger charge is 2.27. The minimum Gasteiger partial charge on any atom is -0.378 e. The predicted octanol–water partition coefficient (Wildman–Crippen LogP) is 3.67. The number of nitrogens with one attached hydrogen (secondary N) is 1. The molecule has 9 nitrogen and oxygen atoms in total. The molecule has 0 spiro atoms. The molecule has 0 aliphatic carbocycles. The van der Waals surface area contributed by atoms with E-state index in [4.69, 9.17) is 14.2 Å². The summed E-state index contributed by atoms with van der Waals surface area (Å²) in [6, 6.07) is 7.77. The van der Waals surface area contributed by atoms with Gasteiger partial charge in [-0.05, 0) is 44.9 Å². The van der Waals surface area contributed by atoms with E-state index in [9.17, 15) is 10.1 Å². The predicted molar refractivity (Wildman–Crippen MR) is 117 cm³/mol. The molecule has 3 aromatic heterocycles. The van der Waals surface area contributed by atoms with Crippen molar-refractivity contribution in [1.29, 1.82) is 5.26 Å². The number of carbonyl (C=O) groups excluding carboxylic acids is 1. The van der Waals surface area contributed by atoms with Gasteiger partial charge in [0.1, 0.15) is 17.0 Å². The highest BCUT2D eigenvalue weighted by Crippen LogP contribution is 2.34. The van der Waals surface area contributed by atoms with Gasteiger partial charge in [-0.15, -0.1) is 0 Å². The smallest absolute Gasteiger partial charge is 0.232 e. The molecule has 1 aromatic carbocycles. The van der Waals surface area contributed by atoms with Crippen LogP contribution in [0.1, 0.15) is 43.0 Å². The molecular weight excluding hydrogens is 408 g/mol. The Hall–Kier alpha value is -3.77. The van der Waals surface area contributed by atoms with Gasteiger partial charge in [-0.2, -0.15) is 5.26 Å². The first-order valence-corrected chi connectivity index (χ1v) is 10.6. The number of aryl methyl sites for hydroxylation is 1. The SMILES string of the molecule is Cc1oncc1NC(=O)Cc1nc2cnc3ccc(C#N)cc3c2n1[C@@H]1CCO[C@H](C)C1. The lowest BCUT2D eigenvalue weighted by Gasteiger charge is -2.30. The van der Waals surface area contributed by atoms with Gasteiger partial charge < -0.3 is 19.1 Å². The van der Waals surface area contributed by atoms with Crippen LogP contribution in [0.15, 0.2) is 35.1 Å². The zero-order valence-electron chi connectivity index (χ0n) is 17.8. The number of nitrogens with zero attached hydrogens (tertiary/aromatic N) is 5. The number of hydrogen-bond acceptors (Lipinski definition) is 7.